The number of likely N-dealkylation sites (N-methyl/N-ethyl adjacent to an activating group) is 1. The SMILES string of the molecule is CC[C@H](C(=O)NC)N(Cc1ccc(Cl)cc1)C(=O)CN(c1cc(C)ccc1C)S(C)(=O)=O. The average molecular weight is 480 g/mol. The second-order valence-electron chi connectivity index (χ2n) is 7.75. The highest BCUT2D eigenvalue weighted by Crippen LogP contribution is 2.25. The Hall–Kier alpha value is -2.58. The lowest BCUT2D eigenvalue weighted by Crippen LogP contribution is -2.51. The Balaban J connectivity index is 2.46. The van der Waals surface area contributed by atoms with Gasteiger partial charge in [-0.05, 0) is 55.2 Å². The van der Waals surface area contributed by atoms with Crippen LogP contribution in [-0.4, -0.2) is 51.0 Å². The molecule has 0 aliphatic carbocycles. The van der Waals surface area contributed by atoms with Gasteiger partial charge < -0.3 is 10.2 Å². The zero-order valence-corrected chi connectivity index (χ0v) is 20.6. The maximum absolute atomic E-state index is 13.5. The van der Waals surface area contributed by atoms with Gasteiger partial charge in [-0.3, -0.25) is 13.9 Å². The van der Waals surface area contributed by atoms with Gasteiger partial charge in [0.15, 0.2) is 0 Å². The predicted molar refractivity (Wildman–Crippen MR) is 128 cm³/mol. The molecule has 0 fully saturated rings. The van der Waals surface area contributed by atoms with Gasteiger partial charge >= 0.3 is 0 Å². The topological polar surface area (TPSA) is 86.8 Å². The summed E-state index contributed by atoms with van der Waals surface area (Å²) in [5, 5.41) is 3.15. The molecular weight excluding hydrogens is 450 g/mol. The van der Waals surface area contributed by atoms with E-state index >= 15 is 0 Å². The van der Waals surface area contributed by atoms with Crippen molar-refractivity contribution in [2.75, 3.05) is 24.2 Å². The molecule has 2 amide bonds. The Morgan fingerprint density at radius 3 is 2.25 bits per heavy atom. The maximum Gasteiger partial charge on any atom is 0.244 e. The van der Waals surface area contributed by atoms with Crippen molar-refractivity contribution in [2.24, 2.45) is 0 Å². The van der Waals surface area contributed by atoms with Gasteiger partial charge in [0.1, 0.15) is 12.6 Å². The van der Waals surface area contributed by atoms with Gasteiger partial charge in [-0.2, -0.15) is 0 Å². The number of aryl methyl sites for hydroxylation is 2. The fraction of sp³-hybridized carbons (Fsp3) is 0.391. The van der Waals surface area contributed by atoms with E-state index in [-0.39, 0.29) is 12.5 Å². The summed E-state index contributed by atoms with van der Waals surface area (Å²) in [5.41, 5.74) is 2.83. The summed E-state index contributed by atoms with van der Waals surface area (Å²) in [6, 6.07) is 11.7. The average Bonchev–Trinajstić information content (AvgIpc) is 2.73. The maximum atomic E-state index is 13.5. The van der Waals surface area contributed by atoms with Crippen molar-refractivity contribution >= 4 is 39.1 Å². The molecule has 0 aliphatic rings. The summed E-state index contributed by atoms with van der Waals surface area (Å²) in [7, 11) is -2.25. The fourth-order valence-electron chi connectivity index (χ4n) is 3.46. The number of amides is 2. The van der Waals surface area contributed by atoms with Crippen LogP contribution < -0.4 is 9.62 Å². The Labute approximate surface area is 195 Å². The third kappa shape index (κ3) is 6.46. The van der Waals surface area contributed by atoms with E-state index in [2.05, 4.69) is 5.32 Å². The predicted octanol–water partition coefficient (Wildman–Crippen LogP) is 3.28. The molecule has 0 saturated heterocycles. The molecule has 0 bridgehead atoms. The van der Waals surface area contributed by atoms with Crippen LogP contribution in [0.1, 0.15) is 30.0 Å². The number of halogens is 1. The molecule has 0 radical (unpaired) electrons. The van der Waals surface area contributed by atoms with Gasteiger partial charge in [0.25, 0.3) is 0 Å². The lowest BCUT2D eigenvalue weighted by molar-refractivity contribution is -0.140. The van der Waals surface area contributed by atoms with Crippen molar-refractivity contribution in [3.8, 4) is 0 Å². The van der Waals surface area contributed by atoms with Crippen LogP contribution in [0.5, 0.6) is 0 Å². The van der Waals surface area contributed by atoms with E-state index in [1.54, 1.807) is 44.2 Å². The van der Waals surface area contributed by atoms with Crippen molar-refractivity contribution in [1.29, 1.82) is 0 Å². The zero-order chi connectivity index (χ0) is 24.1. The number of hydrogen-bond acceptors (Lipinski definition) is 4. The minimum absolute atomic E-state index is 0.145. The van der Waals surface area contributed by atoms with Crippen molar-refractivity contribution in [3.63, 3.8) is 0 Å². The molecule has 0 saturated carbocycles. The van der Waals surface area contributed by atoms with E-state index in [9.17, 15) is 18.0 Å². The van der Waals surface area contributed by atoms with Gasteiger partial charge in [0, 0.05) is 18.6 Å². The third-order valence-corrected chi connectivity index (χ3v) is 6.59. The molecule has 174 valence electrons. The molecule has 0 aliphatic heterocycles. The molecule has 2 rings (SSSR count). The number of carbonyl (C=O) groups is 2. The second-order valence-corrected chi connectivity index (χ2v) is 10.1. The molecule has 32 heavy (non-hydrogen) atoms. The molecular formula is C23H30ClN3O4S. The van der Waals surface area contributed by atoms with E-state index in [0.29, 0.717) is 17.1 Å². The van der Waals surface area contributed by atoms with E-state index in [1.165, 1.54) is 11.9 Å². The number of hydrogen-bond donors (Lipinski definition) is 1. The van der Waals surface area contributed by atoms with E-state index < -0.39 is 28.5 Å². The summed E-state index contributed by atoms with van der Waals surface area (Å²) in [4.78, 5) is 27.4. The number of benzene rings is 2. The zero-order valence-electron chi connectivity index (χ0n) is 19.1. The first kappa shape index (κ1) is 25.7. The quantitative estimate of drug-likeness (QED) is 0.598. The third-order valence-electron chi connectivity index (χ3n) is 5.21. The Kier molecular flexibility index (Phi) is 8.69. The van der Waals surface area contributed by atoms with Crippen molar-refractivity contribution in [2.45, 2.75) is 39.8 Å². The van der Waals surface area contributed by atoms with Crippen LogP contribution in [0, 0.1) is 13.8 Å². The highest BCUT2D eigenvalue weighted by atomic mass is 35.5. The number of nitrogens with zero attached hydrogens (tertiary/aromatic N) is 2. The molecule has 2 aromatic rings. The largest absolute Gasteiger partial charge is 0.357 e. The van der Waals surface area contributed by atoms with Crippen molar-refractivity contribution < 1.29 is 18.0 Å². The van der Waals surface area contributed by atoms with Crippen LogP contribution in [-0.2, 0) is 26.2 Å². The Bertz CT molecular complexity index is 1070. The number of carbonyl (C=O) groups excluding carboxylic acids is 2. The van der Waals surface area contributed by atoms with Crippen molar-refractivity contribution in [3.05, 3.63) is 64.2 Å². The van der Waals surface area contributed by atoms with Crippen LogP contribution >= 0.6 is 11.6 Å². The van der Waals surface area contributed by atoms with Gasteiger partial charge in [-0.25, -0.2) is 8.42 Å². The first-order valence-corrected chi connectivity index (χ1v) is 12.5. The Morgan fingerprint density at radius 2 is 1.72 bits per heavy atom. The van der Waals surface area contributed by atoms with Crippen LogP contribution in [0.4, 0.5) is 5.69 Å². The number of sulfonamides is 1. The Morgan fingerprint density at radius 1 is 1.09 bits per heavy atom. The highest BCUT2D eigenvalue weighted by molar-refractivity contribution is 7.92. The molecule has 1 N–H and O–H groups in total. The molecule has 1 atom stereocenters. The van der Waals surface area contributed by atoms with Gasteiger partial charge in [0.05, 0.1) is 11.9 Å². The number of rotatable bonds is 9. The molecule has 7 nitrogen and oxygen atoms in total. The van der Waals surface area contributed by atoms with E-state index in [1.807, 2.05) is 19.1 Å². The summed E-state index contributed by atoms with van der Waals surface area (Å²) < 4.78 is 26.4. The molecule has 0 unspecified atom stereocenters. The minimum Gasteiger partial charge on any atom is -0.357 e. The second kappa shape index (κ2) is 10.8. The van der Waals surface area contributed by atoms with Gasteiger partial charge in [-0.15, -0.1) is 0 Å². The van der Waals surface area contributed by atoms with E-state index in [4.69, 9.17) is 11.6 Å². The van der Waals surface area contributed by atoms with Crippen LogP contribution in [0.2, 0.25) is 5.02 Å². The lowest BCUT2D eigenvalue weighted by Gasteiger charge is -2.33. The first-order chi connectivity index (χ1) is 15.0. The normalized spacial score (nSPS) is 12.2. The summed E-state index contributed by atoms with van der Waals surface area (Å²) >= 11 is 5.97. The monoisotopic (exact) mass is 479 g/mol. The summed E-state index contributed by atoms with van der Waals surface area (Å²) in [5.74, 6) is -0.783. The number of anilines is 1. The lowest BCUT2D eigenvalue weighted by atomic mass is 10.1. The van der Waals surface area contributed by atoms with Crippen molar-refractivity contribution in [1.82, 2.24) is 10.2 Å². The summed E-state index contributed by atoms with van der Waals surface area (Å²) in [6.07, 6.45) is 1.45. The molecule has 0 heterocycles. The molecule has 0 aromatic heterocycles. The van der Waals surface area contributed by atoms with Crippen LogP contribution in [0.3, 0.4) is 0 Å². The summed E-state index contributed by atoms with van der Waals surface area (Å²) in [6.45, 7) is 5.19. The minimum atomic E-state index is -3.75. The van der Waals surface area contributed by atoms with Crippen LogP contribution in [0.25, 0.3) is 0 Å². The first-order valence-electron chi connectivity index (χ1n) is 10.3. The highest BCUT2D eigenvalue weighted by Gasteiger charge is 2.31. The van der Waals surface area contributed by atoms with Gasteiger partial charge in [-0.1, -0.05) is 42.8 Å². The molecule has 9 heteroatoms. The smallest absolute Gasteiger partial charge is 0.244 e. The molecule has 0 spiro atoms. The van der Waals surface area contributed by atoms with Gasteiger partial charge in [0.2, 0.25) is 21.8 Å². The van der Waals surface area contributed by atoms with Crippen LogP contribution in [0.15, 0.2) is 42.5 Å². The fourth-order valence-corrected chi connectivity index (χ4v) is 4.48. The number of nitrogens with one attached hydrogen (secondary N) is 1. The standard InChI is InChI=1S/C23H30ClN3O4S/c1-6-20(23(29)25-4)26(14-18-9-11-19(24)12-10-18)22(28)15-27(32(5,30)31)21-13-16(2)7-8-17(21)3/h7-13,20H,6,14-15H2,1-5H3,(H,25,29)/t20-/m1/s1. The van der Waals surface area contributed by atoms with E-state index in [0.717, 1.165) is 27.3 Å². The molecule has 2 aromatic carbocycles.